The highest BCUT2D eigenvalue weighted by Gasteiger charge is 2.23. The van der Waals surface area contributed by atoms with Crippen LogP contribution in [0.4, 0.5) is 0 Å². The first-order valence-corrected chi connectivity index (χ1v) is 8.04. The molecule has 0 aliphatic heterocycles. The van der Waals surface area contributed by atoms with Crippen LogP contribution in [-0.4, -0.2) is 16.1 Å². The molecule has 1 aliphatic carbocycles. The average molecular weight is 276 g/mol. The monoisotopic (exact) mass is 276 g/mol. The van der Waals surface area contributed by atoms with Crippen molar-refractivity contribution >= 4 is 0 Å². The minimum absolute atomic E-state index is 0.122. The summed E-state index contributed by atoms with van der Waals surface area (Å²) in [5.74, 6) is 1.01. The Morgan fingerprint density at radius 2 is 1.65 bits per heavy atom. The Kier molecular flexibility index (Phi) is 5.00. The van der Waals surface area contributed by atoms with Crippen LogP contribution in [0.15, 0.2) is 0 Å². The standard InChI is InChI=1S/C17H28N2O/c1-11(2)15-13(5)16(14-9-7-6-8-10-14)19-17(18-15)20-12(3)4/h11-12,14H,6-10H2,1-5H3. The van der Waals surface area contributed by atoms with E-state index in [0.717, 1.165) is 5.69 Å². The van der Waals surface area contributed by atoms with Gasteiger partial charge in [-0.2, -0.15) is 9.97 Å². The molecule has 0 unspecified atom stereocenters. The molecular weight excluding hydrogens is 248 g/mol. The Hall–Kier alpha value is -1.12. The summed E-state index contributed by atoms with van der Waals surface area (Å²) in [4.78, 5) is 9.38. The Labute approximate surface area is 123 Å². The molecule has 0 saturated heterocycles. The van der Waals surface area contributed by atoms with E-state index in [-0.39, 0.29) is 6.10 Å². The first-order chi connectivity index (χ1) is 9.49. The second kappa shape index (κ2) is 6.55. The largest absolute Gasteiger partial charge is 0.461 e. The smallest absolute Gasteiger partial charge is 0.317 e. The quantitative estimate of drug-likeness (QED) is 0.796. The maximum Gasteiger partial charge on any atom is 0.317 e. The third kappa shape index (κ3) is 3.50. The van der Waals surface area contributed by atoms with Crippen molar-refractivity contribution in [3.05, 3.63) is 17.0 Å². The predicted octanol–water partition coefficient (Wildman–Crippen LogP) is 4.74. The molecule has 0 atom stereocenters. The van der Waals surface area contributed by atoms with Gasteiger partial charge >= 0.3 is 6.01 Å². The molecule has 1 fully saturated rings. The van der Waals surface area contributed by atoms with Gasteiger partial charge in [0.2, 0.25) is 0 Å². The number of rotatable bonds is 4. The Balaban J connectivity index is 2.39. The maximum absolute atomic E-state index is 5.77. The number of nitrogens with zero attached hydrogens (tertiary/aromatic N) is 2. The highest BCUT2D eigenvalue weighted by molar-refractivity contribution is 5.31. The number of aromatic nitrogens is 2. The SMILES string of the molecule is Cc1c(C(C)C)nc(OC(C)C)nc1C1CCCCC1. The normalized spacial score (nSPS) is 16.9. The fourth-order valence-corrected chi connectivity index (χ4v) is 3.13. The van der Waals surface area contributed by atoms with E-state index in [4.69, 9.17) is 9.72 Å². The topological polar surface area (TPSA) is 35.0 Å². The minimum Gasteiger partial charge on any atom is -0.461 e. The third-order valence-electron chi connectivity index (χ3n) is 4.08. The molecular formula is C17H28N2O. The van der Waals surface area contributed by atoms with Gasteiger partial charge in [-0.25, -0.2) is 0 Å². The highest BCUT2D eigenvalue weighted by Crippen LogP contribution is 2.35. The fourth-order valence-electron chi connectivity index (χ4n) is 3.13. The molecule has 0 aromatic carbocycles. The molecule has 1 aliphatic rings. The van der Waals surface area contributed by atoms with Crippen molar-refractivity contribution in [1.29, 1.82) is 0 Å². The minimum atomic E-state index is 0.122. The lowest BCUT2D eigenvalue weighted by molar-refractivity contribution is 0.219. The summed E-state index contributed by atoms with van der Waals surface area (Å²) in [6, 6.07) is 0.565. The Morgan fingerprint density at radius 1 is 1.00 bits per heavy atom. The van der Waals surface area contributed by atoms with Crippen molar-refractivity contribution in [3.63, 3.8) is 0 Å². The predicted molar refractivity (Wildman–Crippen MR) is 82.4 cm³/mol. The van der Waals surface area contributed by atoms with Gasteiger partial charge in [0.15, 0.2) is 0 Å². The van der Waals surface area contributed by atoms with Gasteiger partial charge in [-0.15, -0.1) is 0 Å². The molecule has 1 aromatic heterocycles. The second-order valence-electron chi connectivity index (χ2n) is 6.56. The molecule has 112 valence electrons. The Morgan fingerprint density at radius 3 is 2.20 bits per heavy atom. The second-order valence-corrected chi connectivity index (χ2v) is 6.56. The lowest BCUT2D eigenvalue weighted by atomic mass is 9.84. The molecule has 1 heterocycles. The zero-order valence-electron chi connectivity index (χ0n) is 13.6. The summed E-state index contributed by atoms with van der Waals surface area (Å²) >= 11 is 0. The van der Waals surface area contributed by atoms with Crippen LogP contribution in [0.25, 0.3) is 0 Å². The van der Waals surface area contributed by atoms with Crippen molar-refractivity contribution in [3.8, 4) is 6.01 Å². The first-order valence-electron chi connectivity index (χ1n) is 8.04. The van der Waals surface area contributed by atoms with Crippen LogP contribution >= 0.6 is 0 Å². The van der Waals surface area contributed by atoms with Gasteiger partial charge in [-0.3, -0.25) is 0 Å². The van der Waals surface area contributed by atoms with Crippen molar-refractivity contribution in [2.75, 3.05) is 0 Å². The fraction of sp³-hybridized carbons (Fsp3) is 0.765. The van der Waals surface area contributed by atoms with E-state index < -0.39 is 0 Å². The van der Waals surface area contributed by atoms with Gasteiger partial charge in [0.25, 0.3) is 0 Å². The molecule has 0 N–H and O–H groups in total. The van der Waals surface area contributed by atoms with Crippen LogP contribution < -0.4 is 4.74 Å². The summed E-state index contributed by atoms with van der Waals surface area (Å²) in [6.45, 7) is 10.6. The van der Waals surface area contributed by atoms with Crippen LogP contribution in [0.1, 0.15) is 88.6 Å². The zero-order chi connectivity index (χ0) is 14.7. The number of hydrogen-bond acceptors (Lipinski definition) is 3. The van der Waals surface area contributed by atoms with Gasteiger partial charge in [-0.05, 0) is 45.1 Å². The van der Waals surface area contributed by atoms with E-state index in [1.807, 2.05) is 13.8 Å². The van der Waals surface area contributed by atoms with Gasteiger partial charge in [0.05, 0.1) is 17.5 Å². The van der Waals surface area contributed by atoms with Gasteiger partial charge in [-0.1, -0.05) is 33.1 Å². The zero-order valence-corrected chi connectivity index (χ0v) is 13.6. The maximum atomic E-state index is 5.77. The molecule has 3 nitrogen and oxygen atoms in total. The van der Waals surface area contributed by atoms with Crippen LogP contribution in [0.5, 0.6) is 6.01 Å². The van der Waals surface area contributed by atoms with Crippen molar-refractivity contribution in [1.82, 2.24) is 9.97 Å². The molecule has 0 radical (unpaired) electrons. The lowest BCUT2D eigenvalue weighted by Crippen LogP contribution is -2.16. The van der Waals surface area contributed by atoms with Crippen molar-refractivity contribution in [2.24, 2.45) is 0 Å². The van der Waals surface area contributed by atoms with Gasteiger partial charge in [0.1, 0.15) is 0 Å². The molecule has 1 saturated carbocycles. The van der Waals surface area contributed by atoms with Crippen LogP contribution in [-0.2, 0) is 0 Å². The summed E-state index contributed by atoms with van der Waals surface area (Å²) in [7, 11) is 0. The summed E-state index contributed by atoms with van der Waals surface area (Å²) < 4.78 is 5.77. The van der Waals surface area contributed by atoms with Crippen molar-refractivity contribution < 1.29 is 4.74 Å². The Bertz CT molecular complexity index is 449. The van der Waals surface area contributed by atoms with Crippen LogP contribution in [0.3, 0.4) is 0 Å². The lowest BCUT2D eigenvalue weighted by Gasteiger charge is -2.25. The van der Waals surface area contributed by atoms with E-state index in [1.54, 1.807) is 0 Å². The van der Waals surface area contributed by atoms with Crippen LogP contribution in [0.2, 0.25) is 0 Å². The van der Waals surface area contributed by atoms with Gasteiger partial charge in [0, 0.05) is 5.92 Å². The van der Waals surface area contributed by atoms with E-state index >= 15 is 0 Å². The van der Waals surface area contributed by atoms with E-state index in [1.165, 1.54) is 43.4 Å². The molecule has 0 spiro atoms. The summed E-state index contributed by atoms with van der Waals surface area (Å²) in [6.07, 6.45) is 6.66. The number of hydrogen-bond donors (Lipinski definition) is 0. The molecule has 20 heavy (non-hydrogen) atoms. The molecule has 2 rings (SSSR count). The van der Waals surface area contributed by atoms with E-state index in [2.05, 4.69) is 25.8 Å². The molecule has 3 heteroatoms. The highest BCUT2D eigenvalue weighted by atomic mass is 16.5. The first kappa shape index (κ1) is 15.3. The van der Waals surface area contributed by atoms with Crippen LogP contribution in [0, 0.1) is 6.92 Å². The third-order valence-corrected chi connectivity index (χ3v) is 4.08. The number of ether oxygens (including phenoxy) is 1. The average Bonchev–Trinajstić information content (AvgIpc) is 2.40. The summed E-state index contributed by atoms with van der Waals surface area (Å²) in [5.41, 5.74) is 3.67. The van der Waals surface area contributed by atoms with Crippen molar-refractivity contribution in [2.45, 2.75) is 84.7 Å². The van der Waals surface area contributed by atoms with Gasteiger partial charge < -0.3 is 4.74 Å². The summed E-state index contributed by atoms with van der Waals surface area (Å²) in [5, 5.41) is 0. The molecule has 1 aromatic rings. The molecule has 0 amide bonds. The molecule has 0 bridgehead atoms. The van der Waals surface area contributed by atoms with E-state index in [9.17, 15) is 0 Å². The van der Waals surface area contributed by atoms with E-state index in [0.29, 0.717) is 17.8 Å².